The molecule has 0 bridgehead atoms. The lowest BCUT2D eigenvalue weighted by atomic mass is 10.0. The number of benzene rings is 2. The molecular weight excluding hydrogens is 582 g/mol. The molecule has 12 nitrogen and oxygen atoms in total. The van der Waals surface area contributed by atoms with E-state index >= 15 is 0 Å². The number of unbranched alkanes of at least 4 members (excludes halogenated alkanes) is 1. The van der Waals surface area contributed by atoms with Crippen LogP contribution >= 0.6 is 12.6 Å². The summed E-state index contributed by atoms with van der Waals surface area (Å²) in [5.41, 5.74) is 15.0. The molecule has 4 rings (SSSR count). The second-order valence-electron chi connectivity index (χ2n) is 10.7. The Labute approximate surface area is 260 Å². The molecule has 4 aromatic rings. The van der Waals surface area contributed by atoms with E-state index in [0.717, 1.165) is 32.9 Å². The Hall–Kier alpha value is -4.33. The van der Waals surface area contributed by atoms with Gasteiger partial charge in [-0.05, 0) is 42.6 Å². The number of nitrogens with two attached hydrogens (primary N) is 2. The number of carbonyl (C=O) groups excluding carboxylic acids is 3. The Morgan fingerprint density at radius 2 is 1.23 bits per heavy atom. The molecule has 0 aliphatic heterocycles. The van der Waals surface area contributed by atoms with Gasteiger partial charge in [-0.15, -0.1) is 0 Å². The van der Waals surface area contributed by atoms with Crippen molar-refractivity contribution < 1.29 is 24.3 Å². The van der Waals surface area contributed by atoms with E-state index in [-0.39, 0.29) is 18.6 Å². The van der Waals surface area contributed by atoms with Crippen LogP contribution in [0.4, 0.5) is 0 Å². The molecule has 3 amide bonds. The smallest absolute Gasteiger partial charge is 0.327 e. The first-order chi connectivity index (χ1) is 21.2. The minimum atomic E-state index is -1.26. The Morgan fingerprint density at radius 3 is 1.70 bits per heavy atom. The summed E-state index contributed by atoms with van der Waals surface area (Å²) >= 11 is 4.05. The van der Waals surface area contributed by atoms with E-state index < -0.39 is 47.9 Å². The Kier molecular flexibility index (Phi) is 11.4. The van der Waals surface area contributed by atoms with E-state index in [1.54, 1.807) is 12.4 Å². The van der Waals surface area contributed by atoms with Gasteiger partial charge in [0.05, 0.1) is 6.04 Å². The lowest BCUT2D eigenvalue weighted by Crippen LogP contribution is -2.58. The summed E-state index contributed by atoms with van der Waals surface area (Å²) in [6.07, 6.45) is 5.48. The second kappa shape index (κ2) is 15.4. The van der Waals surface area contributed by atoms with Gasteiger partial charge >= 0.3 is 5.97 Å². The highest BCUT2D eigenvalue weighted by Crippen LogP contribution is 2.21. The number of carboxylic acids is 1. The molecule has 2 heterocycles. The van der Waals surface area contributed by atoms with Gasteiger partial charge in [0.25, 0.3) is 0 Å². The first-order valence-electron chi connectivity index (χ1n) is 14.5. The number of H-pyrrole nitrogens is 2. The fourth-order valence-corrected chi connectivity index (χ4v) is 5.36. The molecule has 0 radical (unpaired) electrons. The number of carbonyl (C=O) groups is 4. The van der Waals surface area contributed by atoms with Crippen LogP contribution in [0.15, 0.2) is 60.9 Å². The summed E-state index contributed by atoms with van der Waals surface area (Å²) in [5.74, 6) is -3.20. The quantitative estimate of drug-likeness (QED) is 0.0662. The number of nitrogens with one attached hydrogen (secondary N) is 5. The molecule has 0 aliphatic carbocycles. The van der Waals surface area contributed by atoms with Crippen LogP contribution in [0.2, 0.25) is 0 Å². The summed E-state index contributed by atoms with van der Waals surface area (Å²) < 4.78 is 0. The Balaban J connectivity index is 1.61. The zero-order valence-electron chi connectivity index (χ0n) is 24.2. The molecule has 234 valence electrons. The number of hydrogen-bond donors (Lipinski definition) is 9. The minimum Gasteiger partial charge on any atom is -0.480 e. The van der Waals surface area contributed by atoms with E-state index in [2.05, 4.69) is 38.5 Å². The number of thiol groups is 1. The van der Waals surface area contributed by atoms with Crippen molar-refractivity contribution in [1.82, 2.24) is 25.9 Å². The third kappa shape index (κ3) is 8.18. The molecule has 0 fully saturated rings. The molecule has 4 atom stereocenters. The highest BCUT2D eigenvalue weighted by Gasteiger charge is 2.31. The number of aromatic amines is 2. The van der Waals surface area contributed by atoms with Crippen LogP contribution < -0.4 is 27.4 Å². The van der Waals surface area contributed by atoms with Gasteiger partial charge in [-0.3, -0.25) is 14.4 Å². The van der Waals surface area contributed by atoms with Gasteiger partial charge in [-0.25, -0.2) is 4.79 Å². The van der Waals surface area contributed by atoms with Gasteiger partial charge in [0, 0.05) is 52.8 Å². The molecule has 4 unspecified atom stereocenters. The predicted octanol–water partition coefficient (Wildman–Crippen LogP) is 1.36. The van der Waals surface area contributed by atoms with Gasteiger partial charge in [-0.2, -0.15) is 12.6 Å². The number of rotatable bonds is 16. The average molecular weight is 622 g/mol. The fraction of sp³-hybridized carbons (Fsp3) is 0.355. The van der Waals surface area contributed by atoms with Crippen molar-refractivity contribution in [1.29, 1.82) is 0 Å². The zero-order chi connectivity index (χ0) is 31.6. The highest BCUT2D eigenvalue weighted by atomic mass is 32.1. The maximum atomic E-state index is 13.9. The second-order valence-corrected chi connectivity index (χ2v) is 11.1. The van der Waals surface area contributed by atoms with Crippen LogP contribution in [0.3, 0.4) is 0 Å². The van der Waals surface area contributed by atoms with Gasteiger partial charge < -0.3 is 42.5 Å². The van der Waals surface area contributed by atoms with Crippen molar-refractivity contribution in [3.8, 4) is 0 Å². The lowest BCUT2D eigenvalue weighted by molar-refractivity contribution is -0.141. The van der Waals surface area contributed by atoms with E-state index in [0.29, 0.717) is 25.8 Å². The van der Waals surface area contributed by atoms with Crippen LogP contribution in [0, 0.1) is 0 Å². The first kappa shape index (κ1) is 32.6. The third-order valence-corrected chi connectivity index (χ3v) is 7.93. The molecule has 44 heavy (non-hydrogen) atoms. The normalized spacial score (nSPS) is 14.1. The van der Waals surface area contributed by atoms with Gasteiger partial charge in [0.2, 0.25) is 17.7 Å². The Bertz CT molecular complexity index is 1600. The van der Waals surface area contributed by atoms with E-state index in [1.165, 1.54) is 0 Å². The summed E-state index contributed by atoms with van der Waals surface area (Å²) in [7, 11) is 0. The summed E-state index contributed by atoms with van der Waals surface area (Å²) in [6, 6.07) is 10.7. The van der Waals surface area contributed by atoms with Crippen molar-refractivity contribution >= 4 is 58.1 Å². The molecule has 0 saturated carbocycles. The lowest BCUT2D eigenvalue weighted by Gasteiger charge is -2.25. The topological polar surface area (TPSA) is 208 Å². The molecule has 2 aromatic carbocycles. The van der Waals surface area contributed by atoms with Crippen molar-refractivity contribution in [2.45, 2.75) is 56.3 Å². The number of hydrogen-bond acceptors (Lipinski definition) is 7. The van der Waals surface area contributed by atoms with Crippen LogP contribution in [0.25, 0.3) is 21.8 Å². The zero-order valence-corrected chi connectivity index (χ0v) is 25.1. The SMILES string of the molecule is NCCCCC(N)C(=O)NC(Cc1c[nH]c2ccccc12)C(=O)NC(Cc1c[nH]c2ccccc12)C(=O)NC(CS)C(=O)O. The molecule has 2 aromatic heterocycles. The number of aliphatic carboxylic acids is 1. The Morgan fingerprint density at radius 1 is 0.750 bits per heavy atom. The van der Waals surface area contributed by atoms with Gasteiger partial charge in [0.15, 0.2) is 0 Å². The summed E-state index contributed by atoms with van der Waals surface area (Å²) in [6.45, 7) is 0.482. The van der Waals surface area contributed by atoms with Crippen molar-refractivity contribution in [2.75, 3.05) is 12.3 Å². The number of carboxylic acid groups (broad SMARTS) is 1. The van der Waals surface area contributed by atoms with E-state index in [4.69, 9.17) is 11.5 Å². The molecular formula is C31H39N7O5S. The highest BCUT2D eigenvalue weighted by molar-refractivity contribution is 7.80. The summed E-state index contributed by atoms with van der Waals surface area (Å²) in [4.78, 5) is 58.4. The van der Waals surface area contributed by atoms with Crippen molar-refractivity contribution in [2.24, 2.45) is 11.5 Å². The number of para-hydroxylation sites is 2. The number of aromatic nitrogens is 2. The minimum absolute atomic E-state index is 0.0624. The predicted molar refractivity (Wildman–Crippen MR) is 172 cm³/mol. The van der Waals surface area contributed by atoms with E-state index in [9.17, 15) is 24.3 Å². The number of amides is 3. The average Bonchev–Trinajstić information content (AvgIpc) is 3.62. The van der Waals surface area contributed by atoms with Gasteiger partial charge in [0.1, 0.15) is 18.1 Å². The molecule has 10 N–H and O–H groups in total. The van der Waals surface area contributed by atoms with Crippen LogP contribution in [-0.4, -0.2) is 75.2 Å². The molecule has 0 spiro atoms. The maximum Gasteiger partial charge on any atom is 0.327 e. The van der Waals surface area contributed by atoms with Crippen LogP contribution in [0.5, 0.6) is 0 Å². The monoisotopic (exact) mass is 621 g/mol. The maximum absolute atomic E-state index is 13.9. The number of fused-ring (bicyclic) bond motifs is 2. The van der Waals surface area contributed by atoms with Gasteiger partial charge in [-0.1, -0.05) is 42.8 Å². The third-order valence-electron chi connectivity index (χ3n) is 7.57. The van der Waals surface area contributed by atoms with Crippen molar-refractivity contribution in [3.05, 3.63) is 72.1 Å². The van der Waals surface area contributed by atoms with Crippen molar-refractivity contribution in [3.63, 3.8) is 0 Å². The van der Waals surface area contributed by atoms with E-state index in [1.807, 2.05) is 48.5 Å². The largest absolute Gasteiger partial charge is 0.480 e. The van der Waals surface area contributed by atoms with Crippen LogP contribution in [-0.2, 0) is 32.0 Å². The molecule has 0 saturated heterocycles. The first-order valence-corrected chi connectivity index (χ1v) is 15.2. The fourth-order valence-electron chi connectivity index (χ4n) is 5.11. The summed E-state index contributed by atoms with van der Waals surface area (Å²) in [5, 5.41) is 19.3. The molecule has 13 heteroatoms. The van der Waals surface area contributed by atoms with Crippen LogP contribution in [0.1, 0.15) is 30.4 Å². The standard InChI is InChI=1S/C31H39N7O5S/c32-12-6-5-9-22(33)28(39)36-25(13-18-15-34-23-10-3-1-7-20(18)23)29(40)37-26(30(41)38-27(17-44)31(42)43)14-19-16-35-24-11-4-2-8-21(19)24/h1-4,7-8,10-11,15-16,22,25-27,34-35,44H,5-6,9,12-14,17,32-33H2,(H,36,39)(H,37,40)(H,38,41)(H,42,43). The molecule has 0 aliphatic rings.